The number of aromatic amines is 4. The number of azo groups is 1. The first-order valence-corrected chi connectivity index (χ1v) is 15.9. The smallest absolute Gasteiger partial charge is 0.199 e. The molecule has 4 aromatic heterocycles. The van der Waals surface area contributed by atoms with Crippen molar-refractivity contribution < 1.29 is 0 Å². The van der Waals surface area contributed by atoms with Crippen LogP contribution in [0.2, 0.25) is 0 Å². The van der Waals surface area contributed by atoms with Crippen LogP contribution in [0.1, 0.15) is 0 Å². The van der Waals surface area contributed by atoms with Crippen molar-refractivity contribution >= 4 is 98.6 Å². The summed E-state index contributed by atoms with van der Waals surface area (Å²) in [6.45, 7) is 0. The lowest BCUT2D eigenvalue weighted by atomic mass is 10.0. The van der Waals surface area contributed by atoms with E-state index in [9.17, 15) is 19.2 Å². The number of hydrogen-bond acceptors (Lipinski definition) is 6. The Bertz CT molecular complexity index is 3200. The Balaban J connectivity index is 1.15. The van der Waals surface area contributed by atoms with Gasteiger partial charge in [0.2, 0.25) is 0 Å². The Morgan fingerprint density at radius 3 is 1.08 bits per heavy atom. The monoisotopic (exact) mass is 650 g/mol. The molecule has 4 N–H and O–H groups in total. The van der Waals surface area contributed by atoms with E-state index in [-0.39, 0.29) is 21.7 Å². The summed E-state index contributed by atoms with van der Waals surface area (Å²) in [7, 11) is 0. The van der Waals surface area contributed by atoms with E-state index in [1.807, 2.05) is 36.4 Å². The molecule has 0 aliphatic heterocycles. The third kappa shape index (κ3) is 3.96. The van der Waals surface area contributed by atoms with Gasteiger partial charge in [-0.2, -0.15) is 0 Å². The van der Waals surface area contributed by atoms with Crippen LogP contribution in [-0.2, 0) is 0 Å². The Morgan fingerprint density at radius 1 is 0.320 bits per heavy atom. The Hall–Kier alpha value is -7.20. The molecular formula is C40H22N6O4. The highest BCUT2D eigenvalue weighted by Crippen LogP contribution is 2.31. The molecule has 0 bridgehead atoms. The fourth-order valence-corrected chi connectivity index (χ4v) is 7.12. The van der Waals surface area contributed by atoms with Crippen LogP contribution in [-0.4, -0.2) is 19.9 Å². The summed E-state index contributed by atoms with van der Waals surface area (Å²) in [6, 6.07) is 31.8. The van der Waals surface area contributed by atoms with Crippen molar-refractivity contribution in [3.63, 3.8) is 0 Å². The molecule has 10 aromatic rings. The molecule has 4 heterocycles. The zero-order valence-corrected chi connectivity index (χ0v) is 25.9. The van der Waals surface area contributed by atoms with Crippen LogP contribution in [0.25, 0.3) is 87.2 Å². The van der Waals surface area contributed by atoms with Crippen molar-refractivity contribution in [3.05, 3.63) is 150 Å². The molecule has 0 amide bonds. The Morgan fingerprint density at radius 2 is 0.660 bits per heavy atom. The second-order valence-corrected chi connectivity index (χ2v) is 12.4. The molecular weight excluding hydrogens is 628 g/mol. The molecule has 0 fully saturated rings. The van der Waals surface area contributed by atoms with Crippen LogP contribution in [0.15, 0.2) is 139 Å². The first kappa shape index (κ1) is 27.9. The molecule has 10 nitrogen and oxygen atoms in total. The van der Waals surface area contributed by atoms with Crippen molar-refractivity contribution in [1.29, 1.82) is 0 Å². The predicted octanol–water partition coefficient (Wildman–Crippen LogP) is 8.08. The quantitative estimate of drug-likeness (QED) is 0.110. The van der Waals surface area contributed by atoms with Gasteiger partial charge >= 0.3 is 0 Å². The van der Waals surface area contributed by atoms with E-state index in [0.717, 1.165) is 0 Å². The van der Waals surface area contributed by atoms with Gasteiger partial charge in [-0.1, -0.05) is 36.4 Å². The zero-order valence-electron chi connectivity index (χ0n) is 25.9. The number of para-hydroxylation sites is 2. The summed E-state index contributed by atoms with van der Waals surface area (Å²) in [5.41, 5.74) is 4.46. The normalized spacial score (nSPS) is 12.2. The number of aromatic nitrogens is 4. The van der Waals surface area contributed by atoms with Crippen LogP contribution < -0.4 is 21.7 Å². The van der Waals surface area contributed by atoms with Crippen LogP contribution in [0, 0.1) is 0 Å². The Labute approximate surface area is 278 Å². The van der Waals surface area contributed by atoms with Crippen molar-refractivity contribution in [3.8, 4) is 0 Å². The molecule has 0 saturated heterocycles. The second kappa shape index (κ2) is 10.1. The maximum absolute atomic E-state index is 14.0. The van der Waals surface area contributed by atoms with Crippen LogP contribution in [0.4, 0.5) is 11.4 Å². The molecule has 0 aliphatic rings. The summed E-state index contributed by atoms with van der Waals surface area (Å²) in [5, 5.41) is 12.5. The maximum atomic E-state index is 14.0. The molecule has 50 heavy (non-hydrogen) atoms. The van der Waals surface area contributed by atoms with E-state index in [0.29, 0.717) is 98.6 Å². The molecule has 0 saturated carbocycles. The summed E-state index contributed by atoms with van der Waals surface area (Å²) in [5.74, 6) is 0. The van der Waals surface area contributed by atoms with Crippen molar-refractivity contribution in [2.24, 2.45) is 10.2 Å². The number of fused-ring (bicyclic) bond motifs is 8. The van der Waals surface area contributed by atoms with E-state index in [1.54, 1.807) is 72.8 Å². The van der Waals surface area contributed by atoms with Crippen molar-refractivity contribution in [2.75, 3.05) is 0 Å². The third-order valence-corrected chi connectivity index (χ3v) is 9.52. The van der Waals surface area contributed by atoms with E-state index in [1.165, 1.54) is 0 Å². The minimum atomic E-state index is -0.269. The van der Waals surface area contributed by atoms with Gasteiger partial charge in [0, 0.05) is 43.4 Å². The van der Waals surface area contributed by atoms with E-state index >= 15 is 0 Å². The molecule has 0 spiro atoms. The maximum Gasteiger partial charge on any atom is 0.199 e. The number of H-pyrrole nitrogens is 4. The minimum Gasteiger partial charge on any atom is -0.354 e. The lowest BCUT2D eigenvalue weighted by Gasteiger charge is -2.08. The molecule has 0 unspecified atom stereocenters. The first-order valence-electron chi connectivity index (χ1n) is 15.9. The van der Waals surface area contributed by atoms with Crippen LogP contribution in [0.3, 0.4) is 0 Å². The minimum absolute atomic E-state index is 0.118. The zero-order chi connectivity index (χ0) is 33.7. The van der Waals surface area contributed by atoms with Gasteiger partial charge in [0.05, 0.1) is 55.2 Å². The van der Waals surface area contributed by atoms with Crippen molar-refractivity contribution in [1.82, 2.24) is 19.9 Å². The fraction of sp³-hybridized carbons (Fsp3) is 0. The van der Waals surface area contributed by atoms with Gasteiger partial charge in [0.15, 0.2) is 21.7 Å². The molecule has 0 atom stereocenters. The van der Waals surface area contributed by atoms with E-state index in [4.69, 9.17) is 0 Å². The van der Waals surface area contributed by atoms with Gasteiger partial charge in [0.25, 0.3) is 0 Å². The van der Waals surface area contributed by atoms with Gasteiger partial charge in [-0.15, -0.1) is 10.2 Å². The third-order valence-electron chi connectivity index (χ3n) is 9.52. The number of nitrogens with zero attached hydrogens (tertiary/aromatic N) is 2. The van der Waals surface area contributed by atoms with Gasteiger partial charge in [-0.3, -0.25) is 19.2 Å². The molecule has 0 aliphatic carbocycles. The highest BCUT2D eigenvalue weighted by molar-refractivity contribution is 6.06. The molecule has 236 valence electrons. The fourth-order valence-electron chi connectivity index (χ4n) is 7.12. The number of rotatable bonds is 2. The second-order valence-electron chi connectivity index (χ2n) is 12.4. The van der Waals surface area contributed by atoms with Crippen LogP contribution >= 0.6 is 0 Å². The standard InChI is InChI=1S/C40H22N6O4/c47-37-19-7-1-3-9-25(19)41-31-17-23-33(15-21(31)37)43-27-11-5-13-29(35(27)39(23)49)45-46-30-14-6-12-28-36(30)40(50)24-18-32-22(16-34(24)44-28)38(48)20-8-2-4-10-26(20)42-32/h1-18H,(H,41,47)(H,42,48)(H,43,49)(H,44,50). The molecule has 10 heteroatoms. The average molecular weight is 651 g/mol. The number of hydrogen-bond donors (Lipinski definition) is 4. The topological polar surface area (TPSA) is 156 Å². The lowest BCUT2D eigenvalue weighted by molar-refractivity contribution is 1.25. The largest absolute Gasteiger partial charge is 0.354 e. The molecule has 0 radical (unpaired) electrons. The highest BCUT2D eigenvalue weighted by Gasteiger charge is 2.16. The van der Waals surface area contributed by atoms with E-state index in [2.05, 4.69) is 30.2 Å². The molecule has 6 aromatic carbocycles. The summed E-state index contributed by atoms with van der Waals surface area (Å²) < 4.78 is 0. The van der Waals surface area contributed by atoms with Gasteiger partial charge in [-0.25, -0.2) is 0 Å². The van der Waals surface area contributed by atoms with E-state index < -0.39 is 0 Å². The highest BCUT2D eigenvalue weighted by atomic mass is 16.1. The summed E-state index contributed by atoms with van der Waals surface area (Å²) in [4.78, 5) is 67.9. The predicted molar refractivity (Wildman–Crippen MR) is 200 cm³/mol. The lowest BCUT2D eigenvalue weighted by Crippen LogP contribution is -2.08. The summed E-state index contributed by atoms with van der Waals surface area (Å²) >= 11 is 0. The van der Waals surface area contributed by atoms with Gasteiger partial charge in [-0.05, 0) is 72.8 Å². The average Bonchev–Trinajstić information content (AvgIpc) is 3.13. The number of benzene rings is 6. The SMILES string of the molecule is O=c1c2ccccc2[nH]c2cc3c(=O)c4c(N=Nc5cccc6[nH]c7cc8c(=O)c9ccccc9[nH]c8cc7c(=O)c56)cccc4[nH]c3cc12. The van der Waals surface area contributed by atoms with Gasteiger partial charge < -0.3 is 19.9 Å². The Kier molecular flexibility index (Phi) is 5.66. The first-order chi connectivity index (χ1) is 24.4. The summed E-state index contributed by atoms with van der Waals surface area (Å²) in [6.07, 6.45) is 0. The van der Waals surface area contributed by atoms with Crippen molar-refractivity contribution in [2.45, 2.75) is 0 Å². The number of nitrogens with one attached hydrogen (secondary N) is 4. The molecule has 10 rings (SSSR count). The van der Waals surface area contributed by atoms with Crippen LogP contribution in [0.5, 0.6) is 0 Å². The number of pyridine rings is 4. The van der Waals surface area contributed by atoms with Gasteiger partial charge in [0.1, 0.15) is 0 Å².